The van der Waals surface area contributed by atoms with Crippen molar-refractivity contribution in [2.75, 3.05) is 0 Å². The molecule has 0 aliphatic heterocycles. The van der Waals surface area contributed by atoms with Crippen LogP contribution in [0.3, 0.4) is 0 Å². The Balaban J connectivity index is 4.33. The van der Waals surface area contributed by atoms with E-state index in [0.717, 1.165) is 0 Å². The molecule has 0 rings (SSSR count). The summed E-state index contributed by atoms with van der Waals surface area (Å²) in [6.45, 7) is 17.0. The molecule has 0 aromatic rings. The molecule has 0 heterocycles. The van der Waals surface area contributed by atoms with Crippen LogP contribution >= 0.6 is 0 Å². The van der Waals surface area contributed by atoms with E-state index in [-0.39, 0.29) is 0 Å². The lowest BCUT2D eigenvalue weighted by atomic mass is 10.0. The van der Waals surface area contributed by atoms with Crippen LogP contribution in [-0.2, 0) is 4.43 Å². The third-order valence-corrected chi connectivity index (χ3v) is 13.1. The van der Waals surface area contributed by atoms with Gasteiger partial charge >= 0.3 is 0 Å². The van der Waals surface area contributed by atoms with Crippen molar-refractivity contribution in [3.8, 4) is 0 Å². The van der Waals surface area contributed by atoms with Gasteiger partial charge in [-0.3, -0.25) is 0 Å². The molecule has 23 heavy (non-hydrogen) atoms. The maximum atomic E-state index is 6.77. The quantitative estimate of drug-likeness (QED) is 0.214. The number of hydrogen-bond donors (Lipinski definition) is 0. The minimum atomic E-state index is -1.48. The van der Waals surface area contributed by atoms with Gasteiger partial charge in [0.25, 0.3) is 0 Å². The molecular weight excluding hydrogens is 312 g/mol. The Morgan fingerprint density at radius 2 is 1.09 bits per heavy atom. The first-order valence-electron chi connectivity index (χ1n) is 10.4. The van der Waals surface area contributed by atoms with Crippen molar-refractivity contribution in [1.29, 1.82) is 0 Å². The van der Waals surface area contributed by atoms with Crippen LogP contribution in [0.1, 0.15) is 84.5 Å². The topological polar surface area (TPSA) is 9.23 Å². The Morgan fingerprint density at radius 1 is 0.652 bits per heavy atom. The van der Waals surface area contributed by atoms with Crippen molar-refractivity contribution in [1.82, 2.24) is 0 Å². The van der Waals surface area contributed by atoms with Crippen LogP contribution in [0, 0.1) is 0 Å². The van der Waals surface area contributed by atoms with Gasteiger partial charge in [-0.05, 0) is 31.6 Å². The summed E-state index contributed by atoms with van der Waals surface area (Å²) in [5, 5.41) is 0. The summed E-state index contributed by atoms with van der Waals surface area (Å²) in [4.78, 5) is 0. The fourth-order valence-electron chi connectivity index (χ4n) is 3.81. The van der Waals surface area contributed by atoms with Crippen molar-refractivity contribution in [3.63, 3.8) is 0 Å². The predicted molar refractivity (Wildman–Crippen MR) is 113 cm³/mol. The van der Waals surface area contributed by atoms with Crippen LogP contribution in [0.15, 0.2) is 0 Å². The van der Waals surface area contributed by atoms with Crippen molar-refractivity contribution >= 4 is 16.4 Å². The van der Waals surface area contributed by atoms with Gasteiger partial charge in [0.2, 0.25) is 0 Å². The smallest absolute Gasteiger partial charge is 0.184 e. The molecule has 0 aliphatic rings. The van der Waals surface area contributed by atoms with Crippen molar-refractivity contribution in [2.45, 2.75) is 129 Å². The van der Waals surface area contributed by atoms with Gasteiger partial charge in [0, 0.05) is 14.2 Å². The van der Waals surface area contributed by atoms with Crippen LogP contribution in [0.2, 0.25) is 38.4 Å². The van der Waals surface area contributed by atoms with E-state index in [9.17, 15) is 0 Å². The molecule has 0 fully saturated rings. The summed E-state index contributed by atoms with van der Waals surface area (Å²) in [6.07, 6.45) is 15.6. The Morgan fingerprint density at radius 3 is 1.52 bits per heavy atom. The SMILES string of the molecule is CCCCCCCC(CCCCCC)O[Si](C)(C)C[Si](C)(C)C. The van der Waals surface area contributed by atoms with Crippen LogP contribution in [0.4, 0.5) is 0 Å². The van der Waals surface area contributed by atoms with E-state index in [1.54, 1.807) is 0 Å². The maximum Gasteiger partial charge on any atom is 0.184 e. The molecular formula is C20H46OSi2. The Kier molecular flexibility index (Phi) is 12.9. The predicted octanol–water partition coefficient (Wildman–Crippen LogP) is 7.79. The first-order chi connectivity index (χ1) is 10.7. The van der Waals surface area contributed by atoms with Gasteiger partial charge in [-0.1, -0.05) is 91.3 Å². The third-order valence-electron chi connectivity index (χ3n) is 4.45. The summed E-state index contributed by atoms with van der Waals surface area (Å²) in [7, 11) is -2.50. The zero-order valence-corrected chi connectivity index (χ0v) is 19.5. The summed E-state index contributed by atoms with van der Waals surface area (Å²) in [6, 6.07) is 0. The molecule has 0 amide bonds. The van der Waals surface area contributed by atoms with E-state index < -0.39 is 16.4 Å². The highest BCUT2D eigenvalue weighted by Crippen LogP contribution is 2.25. The van der Waals surface area contributed by atoms with Crippen LogP contribution in [0.25, 0.3) is 0 Å². The lowest BCUT2D eigenvalue weighted by molar-refractivity contribution is 0.164. The zero-order chi connectivity index (χ0) is 17.8. The molecule has 0 spiro atoms. The first kappa shape index (κ1) is 23.4. The normalized spacial score (nSPS) is 14.2. The Hall–Kier alpha value is 0.394. The highest BCUT2D eigenvalue weighted by molar-refractivity contribution is 6.92. The Labute approximate surface area is 150 Å². The Bertz CT molecular complexity index is 271. The average molecular weight is 359 g/mol. The molecule has 0 saturated heterocycles. The maximum absolute atomic E-state index is 6.77. The van der Waals surface area contributed by atoms with Gasteiger partial charge in [0.15, 0.2) is 8.32 Å². The van der Waals surface area contributed by atoms with Gasteiger partial charge in [-0.25, -0.2) is 0 Å². The average Bonchev–Trinajstić information content (AvgIpc) is 2.40. The number of hydrogen-bond acceptors (Lipinski definition) is 1. The molecule has 1 nitrogen and oxygen atoms in total. The van der Waals surface area contributed by atoms with Crippen LogP contribution < -0.4 is 0 Å². The van der Waals surface area contributed by atoms with Crippen molar-refractivity contribution in [3.05, 3.63) is 0 Å². The van der Waals surface area contributed by atoms with E-state index >= 15 is 0 Å². The standard InChI is InChI=1S/C20H46OSi2/c1-8-10-12-14-16-18-20(17-15-13-11-9-2)21-23(6,7)19-22(3,4)5/h20H,8-19H2,1-7H3. The lowest BCUT2D eigenvalue weighted by Crippen LogP contribution is -2.42. The van der Waals surface area contributed by atoms with E-state index in [4.69, 9.17) is 4.43 Å². The van der Waals surface area contributed by atoms with E-state index in [1.807, 2.05) is 0 Å². The molecule has 0 aromatic heterocycles. The molecule has 0 aliphatic carbocycles. The molecule has 0 radical (unpaired) electrons. The van der Waals surface area contributed by atoms with E-state index in [2.05, 4.69) is 46.6 Å². The van der Waals surface area contributed by atoms with E-state index in [1.165, 1.54) is 76.3 Å². The van der Waals surface area contributed by atoms with Gasteiger partial charge in [0.05, 0.1) is 0 Å². The molecule has 0 saturated carbocycles. The first-order valence-corrected chi connectivity index (χ1v) is 17.2. The van der Waals surface area contributed by atoms with Crippen molar-refractivity contribution < 1.29 is 4.43 Å². The highest BCUT2D eigenvalue weighted by Gasteiger charge is 2.32. The van der Waals surface area contributed by atoms with Gasteiger partial charge in [0.1, 0.15) is 0 Å². The molecule has 0 aromatic carbocycles. The van der Waals surface area contributed by atoms with Crippen LogP contribution in [0.5, 0.6) is 0 Å². The second-order valence-corrected chi connectivity index (χ2v) is 19.6. The molecule has 0 bridgehead atoms. The second-order valence-electron chi connectivity index (χ2n) is 9.29. The van der Waals surface area contributed by atoms with Gasteiger partial charge in [-0.15, -0.1) is 0 Å². The number of rotatable bonds is 15. The fraction of sp³-hybridized carbons (Fsp3) is 1.00. The molecule has 1 atom stereocenters. The molecule has 1 unspecified atom stereocenters. The van der Waals surface area contributed by atoms with Gasteiger partial charge < -0.3 is 4.43 Å². The third kappa shape index (κ3) is 15.7. The minimum absolute atomic E-state index is 0.548. The molecule has 140 valence electrons. The van der Waals surface area contributed by atoms with Crippen molar-refractivity contribution in [2.24, 2.45) is 0 Å². The monoisotopic (exact) mass is 358 g/mol. The summed E-state index contributed by atoms with van der Waals surface area (Å²) in [5.74, 6) is 0. The lowest BCUT2D eigenvalue weighted by Gasteiger charge is -2.33. The highest BCUT2D eigenvalue weighted by atomic mass is 28.4. The second kappa shape index (κ2) is 12.7. The summed E-state index contributed by atoms with van der Waals surface area (Å²) >= 11 is 0. The molecule has 3 heteroatoms. The minimum Gasteiger partial charge on any atom is -0.415 e. The molecule has 0 N–H and O–H groups in total. The fourth-order valence-corrected chi connectivity index (χ4v) is 15.5. The summed E-state index contributed by atoms with van der Waals surface area (Å²) < 4.78 is 6.77. The van der Waals surface area contributed by atoms with E-state index in [0.29, 0.717) is 6.10 Å². The van der Waals surface area contributed by atoms with Crippen LogP contribution in [-0.4, -0.2) is 22.5 Å². The largest absolute Gasteiger partial charge is 0.415 e. The summed E-state index contributed by atoms with van der Waals surface area (Å²) in [5.41, 5.74) is 1.40. The van der Waals surface area contributed by atoms with Gasteiger partial charge in [-0.2, -0.15) is 0 Å². The number of unbranched alkanes of at least 4 members (excludes halogenated alkanes) is 7. The zero-order valence-electron chi connectivity index (χ0n) is 17.5.